The van der Waals surface area contributed by atoms with E-state index in [0.29, 0.717) is 13.0 Å². The Bertz CT molecular complexity index is 693. The molecule has 0 bridgehead atoms. The molecule has 1 atom stereocenters. The molecule has 24 heavy (non-hydrogen) atoms. The van der Waals surface area contributed by atoms with Crippen molar-refractivity contribution in [2.24, 2.45) is 0 Å². The van der Waals surface area contributed by atoms with Crippen LogP contribution in [0.25, 0.3) is 10.9 Å². The molecule has 1 saturated heterocycles. The lowest BCUT2D eigenvalue weighted by Gasteiger charge is -2.35. The van der Waals surface area contributed by atoms with E-state index in [4.69, 9.17) is 0 Å². The number of aryl methyl sites for hydroxylation is 1. The Balaban J connectivity index is 1.59. The van der Waals surface area contributed by atoms with Gasteiger partial charge in [-0.05, 0) is 50.7 Å². The highest BCUT2D eigenvalue weighted by atomic mass is 16.3. The monoisotopic (exact) mass is 329 g/mol. The van der Waals surface area contributed by atoms with Gasteiger partial charge in [0.15, 0.2) is 0 Å². The molecule has 3 rings (SSSR count). The first-order valence-corrected chi connectivity index (χ1v) is 8.92. The lowest BCUT2D eigenvalue weighted by Crippen LogP contribution is -2.49. The van der Waals surface area contributed by atoms with E-state index in [9.17, 15) is 9.90 Å². The van der Waals surface area contributed by atoms with E-state index >= 15 is 0 Å². The van der Waals surface area contributed by atoms with E-state index in [2.05, 4.69) is 29.4 Å². The number of urea groups is 1. The molecular weight excluding hydrogens is 302 g/mol. The van der Waals surface area contributed by atoms with Gasteiger partial charge in [-0.1, -0.05) is 18.2 Å². The Kier molecular flexibility index (Phi) is 5.41. The van der Waals surface area contributed by atoms with E-state index < -0.39 is 0 Å². The van der Waals surface area contributed by atoms with Crippen LogP contribution in [0.15, 0.2) is 24.3 Å². The molecular formula is C19H27N3O2. The molecule has 1 aliphatic heterocycles. The van der Waals surface area contributed by atoms with Crippen LogP contribution in [-0.2, 0) is 6.42 Å². The topological polar surface area (TPSA) is 68.4 Å². The van der Waals surface area contributed by atoms with E-state index in [1.807, 2.05) is 17.0 Å². The fourth-order valence-electron chi connectivity index (χ4n) is 3.77. The summed E-state index contributed by atoms with van der Waals surface area (Å²) in [6.07, 6.45) is 4.69. The van der Waals surface area contributed by atoms with Crippen molar-refractivity contribution in [3.63, 3.8) is 0 Å². The third kappa shape index (κ3) is 3.56. The number of likely N-dealkylation sites (tertiary alicyclic amines) is 1. The van der Waals surface area contributed by atoms with Crippen LogP contribution in [0.3, 0.4) is 0 Å². The average molecular weight is 329 g/mol. The Hall–Kier alpha value is -2.01. The number of piperidine rings is 1. The number of aliphatic hydroxyl groups excluding tert-OH is 1. The summed E-state index contributed by atoms with van der Waals surface area (Å²) in [4.78, 5) is 17.8. The van der Waals surface area contributed by atoms with Gasteiger partial charge in [0.1, 0.15) is 0 Å². The third-order valence-electron chi connectivity index (χ3n) is 5.03. The van der Waals surface area contributed by atoms with Crippen LogP contribution in [0.5, 0.6) is 0 Å². The number of carbonyl (C=O) groups is 1. The summed E-state index contributed by atoms with van der Waals surface area (Å²) < 4.78 is 0. The molecule has 5 nitrogen and oxygen atoms in total. The number of aliphatic hydroxyl groups is 1. The molecule has 0 spiro atoms. The molecule has 130 valence electrons. The SMILES string of the molecule is Cc1[nH]c2ccccc2c1CCNC(=O)N1CCCCC1CCO. The van der Waals surface area contributed by atoms with E-state index in [0.717, 1.165) is 37.7 Å². The lowest BCUT2D eigenvalue weighted by atomic mass is 10.0. The molecule has 5 heteroatoms. The summed E-state index contributed by atoms with van der Waals surface area (Å²) in [5.41, 5.74) is 3.59. The van der Waals surface area contributed by atoms with Crippen LogP contribution >= 0.6 is 0 Å². The second kappa shape index (κ2) is 7.71. The van der Waals surface area contributed by atoms with Crippen molar-refractivity contribution in [2.75, 3.05) is 19.7 Å². The number of H-pyrrole nitrogens is 1. The van der Waals surface area contributed by atoms with Gasteiger partial charge in [-0.25, -0.2) is 4.79 Å². The van der Waals surface area contributed by atoms with E-state index in [1.54, 1.807) is 0 Å². The van der Waals surface area contributed by atoms with Crippen molar-refractivity contribution < 1.29 is 9.90 Å². The van der Waals surface area contributed by atoms with Crippen LogP contribution in [0.1, 0.15) is 36.9 Å². The molecule has 2 amide bonds. The Labute approximate surface area is 143 Å². The van der Waals surface area contributed by atoms with Crippen LogP contribution in [0.4, 0.5) is 4.79 Å². The van der Waals surface area contributed by atoms with Crippen LogP contribution < -0.4 is 5.32 Å². The van der Waals surface area contributed by atoms with Gasteiger partial charge in [-0.15, -0.1) is 0 Å². The van der Waals surface area contributed by atoms with Gasteiger partial charge in [-0.3, -0.25) is 0 Å². The van der Waals surface area contributed by atoms with Crippen molar-refractivity contribution in [3.8, 4) is 0 Å². The van der Waals surface area contributed by atoms with Crippen LogP contribution in [0, 0.1) is 6.92 Å². The Morgan fingerprint density at radius 3 is 3.04 bits per heavy atom. The molecule has 2 heterocycles. The number of carbonyl (C=O) groups excluding carboxylic acids is 1. The zero-order valence-corrected chi connectivity index (χ0v) is 14.3. The number of para-hydroxylation sites is 1. The number of aromatic amines is 1. The molecule has 0 saturated carbocycles. The molecule has 1 aromatic carbocycles. The van der Waals surface area contributed by atoms with Crippen molar-refractivity contribution >= 4 is 16.9 Å². The predicted molar refractivity (Wildman–Crippen MR) is 96.2 cm³/mol. The van der Waals surface area contributed by atoms with Gasteiger partial charge >= 0.3 is 6.03 Å². The minimum absolute atomic E-state index is 0.00523. The summed E-state index contributed by atoms with van der Waals surface area (Å²) in [5, 5.41) is 13.5. The van der Waals surface area contributed by atoms with Gasteiger partial charge in [0.2, 0.25) is 0 Å². The fraction of sp³-hybridized carbons (Fsp3) is 0.526. The maximum absolute atomic E-state index is 12.5. The Morgan fingerprint density at radius 2 is 2.21 bits per heavy atom. The van der Waals surface area contributed by atoms with Gasteiger partial charge < -0.3 is 20.3 Å². The standard InChI is InChI=1S/C19H27N3O2/c1-14-16(17-7-2-3-8-18(17)21-14)9-11-20-19(24)22-12-5-4-6-15(22)10-13-23/h2-3,7-8,15,21,23H,4-6,9-13H2,1H3,(H,20,24). The van der Waals surface area contributed by atoms with Crippen molar-refractivity contribution in [2.45, 2.75) is 45.1 Å². The molecule has 1 fully saturated rings. The first kappa shape index (κ1) is 16.8. The molecule has 1 aliphatic rings. The molecule has 0 radical (unpaired) electrons. The van der Waals surface area contributed by atoms with Crippen molar-refractivity contribution in [1.29, 1.82) is 0 Å². The number of nitrogens with one attached hydrogen (secondary N) is 2. The number of amides is 2. The van der Waals surface area contributed by atoms with Crippen molar-refractivity contribution in [1.82, 2.24) is 15.2 Å². The molecule has 3 N–H and O–H groups in total. The fourth-order valence-corrected chi connectivity index (χ4v) is 3.77. The number of hydrogen-bond acceptors (Lipinski definition) is 2. The number of hydrogen-bond donors (Lipinski definition) is 3. The first-order chi connectivity index (χ1) is 11.7. The normalized spacial score (nSPS) is 18.1. The number of nitrogens with zero attached hydrogens (tertiary/aromatic N) is 1. The zero-order valence-electron chi connectivity index (χ0n) is 14.3. The maximum Gasteiger partial charge on any atom is 0.317 e. The summed E-state index contributed by atoms with van der Waals surface area (Å²) in [6.45, 7) is 3.65. The van der Waals surface area contributed by atoms with Gasteiger partial charge in [0.25, 0.3) is 0 Å². The highest BCUT2D eigenvalue weighted by Crippen LogP contribution is 2.22. The number of fused-ring (bicyclic) bond motifs is 1. The summed E-state index contributed by atoms with van der Waals surface area (Å²) >= 11 is 0. The third-order valence-corrected chi connectivity index (χ3v) is 5.03. The smallest absolute Gasteiger partial charge is 0.317 e. The average Bonchev–Trinajstić information content (AvgIpc) is 2.91. The lowest BCUT2D eigenvalue weighted by molar-refractivity contribution is 0.132. The molecule has 1 unspecified atom stereocenters. The Morgan fingerprint density at radius 1 is 1.38 bits per heavy atom. The predicted octanol–water partition coefficient (Wildman–Crippen LogP) is 2.97. The number of aromatic nitrogens is 1. The summed E-state index contributed by atoms with van der Waals surface area (Å²) in [6, 6.07) is 8.46. The quantitative estimate of drug-likeness (QED) is 0.789. The minimum atomic E-state index is 0.00523. The van der Waals surface area contributed by atoms with Crippen molar-refractivity contribution in [3.05, 3.63) is 35.5 Å². The van der Waals surface area contributed by atoms with Gasteiger partial charge in [0, 0.05) is 42.3 Å². The summed E-state index contributed by atoms with van der Waals surface area (Å²) in [5.74, 6) is 0. The second-order valence-corrected chi connectivity index (χ2v) is 6.61. The molecule has 1 aromatic heterocycles. The highest BCUT2D eigenvalue weighted by molar-refractivity contribution is 5.84. The van der Waals surface area contributed by atoms with Gasteiger partial charge in [-0.2, -0.15) is 0 Å². The van der Waals surface area contributed by atoms with Gasteiger partial charge in [0.05, 0.1) is 0 Å². The number of rotatable bonds is 5. The molecule has 0 aliphatic carbocycles. The largest absolute Gasteiger partial charge is 0.396 e. The second-order valence-electron chi connectivity index (χ2n) is 6.61. The first-order valence-electron chi connectivity index (χ1n) is 8.92. The molecule has 2 aromatic rings. The zero-order chi connectivity index (χ0) is 16.9. The number of benzene rings is 1. The minimum Gasteiger partial charge on any atom is -0.396 e. The van der Waals surface area contributed by atoms with Crippen LogP contribution in [0.2, 0.25) is 0 Å². The summed E-state index contributed by atoms with van der Waals surface area (Å²) in [7, 11) is 0. The van der Waals surface area contributed by atoms with Crippen LogP contribution in [-0.4, -0.2) is 46.8 Å². The maximum atomic E-state index is 12.5. The van der Waals surface area contributed by atoms with E-state index in [1.165, 1.54) is 16.6 Å². The van der Waals surface area contributed by atoms with E-state index in [-0.39, 0.29) is 18.7 Å². The highest BCUT2D eigenvalue weighted by Gasteiger charge is 2.25.